The second-order valence-electron chi connectivity index (χ2n) is 8.47. The molecule has 5 rings (SSSR count). The number of amides is 1. The van der Waals surface area contributed by atoms with E-state index in [0.717, 1.165) is 12.8 Å². The van der Waals surface area contributed by atoms with E-state index in [2.05, 4.69) is 25.3 Å². The number of carbonyl (C=O) groups is 1. The van der Waals surface area contributed by atoms with Crippen molar-refractivity contribution in [2.75, 3.05) is 28.2 Å². The van der Waals surface area contributed by atoms with Gasteiger partial charge in [0.05, 0.1) is 40.2 Å². The van der Waals surface area contributed by atoms with E-state index in [9.17, 15) is 13.2 Å². The third kappa shape index (κ3) is 5.23. The molecule has 10 nitrogen and oxygen atoms in total. The minimum Gasteiger partial charge on any atom is -0.497 e. The maximum absolute atomic E-state index is 13.5. The molecule has 0 radical (unpaired) electrons. The van der Waals surface area contributed by atoms with Gasteiger partial charge in [0.1, 0.15) is 10.6 Å². The Kier molecular flexibility index (Phi) is 6.48. The first-order valence-corrected chi connectivity index (χ1v) is 13.2. The smallest absolute Gasteiger partial charge is 0.265 e. The highest BCUT2D eigenvalue weighted by Crippen LogP contribution is 2.35. The van der Waals surface area contributed by atoms with Gasteiger partial charge in [0, 0.05) is 12.0 Å². The van der Waals surface area contributed by atoms with Gasteiger partial charge in [0.25, 0.3) is 10.0 Å². The minimum absolute atomic E-state index is 0.0654. The molecule has 5 N–H and O–H groups in total. The number of methoxy groups -OCH3 is 1. The van der Waals surface area contributed by atoms with Crippen LogP contribution in [0.15, 0.2) is 65.6 Å². The topological polar surface area (TPSA) is 148 Å². The van der Waals surface area contributed by atoms with Crippen LogP contribution in [0.25, 0.3) is 11.0 Å². The summed E-state index contributed by atoms with van der Waals surface area (Å²) in [7, 11) is -2.72. The van der Waals surface area contributed by atoms with E-state index in [1.54, 1.807) is 48.5 Å². The van der Waals surface area contributed by atoms with Gasteiger partial charge < -0.3 is 21.1 Å². The Balaban J connectivity index is 1.53. The number of hydrogen-bond acceptors (Lipinski definition) is 8. The van der Waals surface area contributed by atoms with Gasteiger partial charge in [-0.3, -0.25) is 9.52 Å². The lowest BCUT2D eigenvalue weighted by molar-refractivity contribution is -0.117. The first kappa shape index (κ1) is 24.6. The quantitative estimate of drug-likeness (QED) is 0.234. The predicted octanol–water partition coefficient (Wildman–Crippen LogP) is 4.77. The van der Waals surface area contributed by atoms with E-state index < -0.39 is 10.0 Å². The van der Waals surface area contributed by atoms with Crippen LogP contribution in [-0.2, 0) is 14.8 Å². The van der Waals surface area contributed by atoms with Gasteiger partial charge in [0.2, 0.25) is 5.91 Å². The molecule has 0 unspecified atom stereocenters. The van der Waals surface area contributed by atoms with E-state index in [4.69, 9.17) is 22.1 Å². The highest BCUT2D eigenvalue weighted by molar-refractivity contribution is 7.92. The number of anilines is 5. The van der Waals surface area contributed by atoms with Crippen LogP contribution in [0.4, 0.5) is 28.7 Å². The predicted molar refractivity (Wildman–Crippen MR) is 144 cm³/mol. The van der Waals surface area contributed by atoms with Crippen LogP contribution < -0.4 is 25.8 Å². The van der Waals surface area contributed by atoms with Crippen molar-refractivity contribution < 1.29 is 17.9 Å². The Hall–Kier alpha value is -4.09. The summed E-state index contributed by atoms with van der Waals surface area (Å²) in [6.45, 7) is 0. The van der Waals surface area contributed by atoms with Crippen molar-refractivity contribution in [1.29, 1.82) is 0 Å². The van der Waals surface area contributed by atoms with E-state index in [-0.39, 0.29) is 39.7 Å². The maximum Gasteiger partial charge on any atom is 0.265 e. The molecule has 37 heavy (non-hydrogen) atoms. The fraction of sp³-hybridized carbons (Fsp3) is 0.160. The number of nitrogens with zero attached hydrogens (tertiary/aromatic N) is 2. The number of nitrogens with two attached hydrogens (primary N) is 1. The molecule has 0 aliphatic heterocycles. The van der Waals surface area contributed by atoms with Gasteiger partial charge in [0.15, 0.2) is 11.6 Å². The Bertz CT molecular complexity index is 1630. The fourth-order valence-corrected chi connectivity index (χ4v) is 4.99. The summed E-state index contributed by atoms with van der Waals surface area (Å²) in [6.07, 6.45) is 1.61. The number of rotatable bonds is 8. The van der Waals surface area contributed by atoms with Crippen LogP contribution >= 0.6 is 11.6 Å². The number of sulfonamides is 1. The third-order valence-corrected chi connectivity index (χ3v) is 7.52. The Labute approximate surface area is 218 Å². The lowest BCUT2D eigenvalue weighted by atomic mass is 10.2. The second-order valence-corrected chi connectivity index (χ2v) is 10.5. The molecule has 0 atom stereocenters. The summed E-state index contributed by atoms with van der Waals surface area (Å²) in [4.78, 5) is 21.1. The van der Waals surface area contributed by atoms with E-state index in [1.807, 2.05) is 0 Å². The monoisotopic (exact) mass is 538 g/mol. The van der Waals surface area contributed by atoms with Crippen molar-refractivity contribution in [2.24, 2.45) is 5.92 Å². The standard InChI is InChI=1S/C25H23ClN6O4S/c1-36-15-11-12-16(26)20(13-15)30-23-24(29-18-6-3-2-5-17(18)28-23)32-37(34,35)21-8-4-7-19(22(21)27)31-25(33)14-9-10-14/h2-8,11-14H,9-10,27H2,1H3,(H,28,30)(H,29,32)(H,31,33). The summed E-state index contributed by atoms with van der Waals surface area (Å²) in [6, 6.07) is 16.4. The highest BCUT2D eigenvalue weighted by Gasteiger charge is 2.30. The molecular formula is C25H23ClN6O4S. The Morgan fingerprint density at radius 2 is 1.70 bits per heavy atom. The molecule has 0 spiro atoms. The van der Waals surface area contributed by atoms with E-state index >= 15 is 0 Å². The van der Waals surface area contributed by atoms with Crippen molar-refractivity contribution in [3.8, 4) is 5.75 Å². The van der Waals surface area contributed by atoms with Crippen LogP contribution in [0.1, 0.15) is 12.8 Å². The molecule has 1 saturated carbocycles. The van der Waals surface area contributed by atoms with Crippen molar-refractivity contribution >= 4 is 67.3 Å². The Morgan fingerprint density at radius 1 is 1.00 bits per heavy atom. The number of aromatic nitrogens is 2. The van der Waals surface area contributed by atoms with Gasteiger partial charge in [-0.1, -0.05) is 29.8 Å². The first-order chi connectivity index (χ1) is 17.7. The SMILES string of the molecule is COc1ccc(Cl)c(Nc2nc3ccccc3nc2NS(=O)(=O)c2cccc(NC(=O)C3CC3)c2N)c1. The number of benzene rings is 3. The van der Waals surface area contributed by atoms with Gasteiger partial charge in [-0.2, -0.15) is 0 Å². The lowest BCUT2D eigenvalue weighted by Crippen LogP contribution is -2.19. The highest BCUT2D eigenvalue weighted by atomic mass is 35.5. The molecule has 3 aromatic carbocycles. The van der Waals surface area contributed by atoms with Crippen LogP contribution in [0.2, 0.25) is 5.02 Å². The summed E-state index contributed by atoms with van der Waals surface area (Å²) in [5.74, 6) is 0.346. The first-order valence-electron chi connectivity index (χ1n) is 11.3. The zero-order chi connectivity index (χ0) is 26.2. The normalized spacial score (nSPS) is 13.2. The van der Waals surface area contributed by atoms with Gasteiger partial charge in [-0.25, -0.2) is 18.4 Å². The zero-order valence-corrected chi connectivity index (χ0v) is 21.2. The summed E-state index contributed by atoms with van der Waals surface area (Å²) in [5, 5.41) is 6.13. The summed E-state index contributed by atoms with van der Waals surface area (Å²) < 4.78 is 34.7. The minimum atomic E-state index is -4.24. The summed E-state index contributed by atoms with van der Waals surface area (Å²) >= 11 is 6.35. The molecule has 12 heteroatoms. The van der Waals surface area contributed by atoms with Crippen LogP contribution in [0, 0.1) is 5.92 Å². The lowest BCUT2D eigenvalue weighted by Gasteiger charge is -2.16. The number of nitrogen functional groups attached to an aromatic ring is 1. The van der Waals surface area contributed by atoms with Crippen LogP contribution in [-0.4, -0.2) is 31.4 Å². The molecule has 0 bridgehead atoms. The fourth-order valence-electron chi connectivity index (χ4n) is 3.66. The molecule has 4 aromatic rings. The largest absolute Gasteiger partial charge is 0.497 e. The molecule has 1 aliphatic rings. The number of fused-ring (bicyclic) bond motifs is 1. The van der Waals surface area contributed by atoms with Crippen molar-refractivity contribution in [3.05, 3.63) is 65.7 Å². The molecule has 190 valence electrons. The van der Waals surface area contributed by atoms with Gasteiger partial charge >= 0.3 is 0 Å². The molecule has 1 aliphatic carbocycles. The number of nitrogens with one attached hydrogen (secondary N) is 3. The van der Waals surface area contributed by atoms with Crippen molar-refractivity contribution in [3.63, 3.8) is 0 Å². The number of halogens is 1. The molecule has 1 fully saturated rings. The van der Waals surface area contributed by atoms with E-state index in [0.29, 0.717) is 27.5 Å². The average Bonchev–Trinajstić information content (AvgIpc) is 3.72. The molecule has 0 saturated heterocycles. The second kappa shape index (κ2) is 9.75. The third-order valence-electron chi connectivity index (χ3n) is 5.79. The zero-order valence-electron chi connectivity index (χ0n) is 19.7. The van der Waals surface area contributed by atoms with Gasteiger partial charge in [-0.05, 0) is 49.2 Å². The van der Waals surface area contributed by atoms with Gasteiger partial charge in [-0.15, -0.1) is 0 Å². The molecule has 1 aromatic heterocycles. The number of carbonyl (C=O) groups excluding carboxylic acids is 1. The number of para-hydroxylation sites is 3. The molecular weight excluding hydrogens is 516 g/mol. The average molecular weight is 539 g/mol. The molecule has 1 heterocycles. The van der Waals surface area contributed by atoms with Crippen molar-refractivity contribution in [2.45, 2.75) is 17.7 Å². The van der Waals surface area contributed by atoms with Crippen molar-refractivity contribution in [1.82, 2.24) is 9.97 Å². The molecule has 1 amide bonds. The van der Waals surface area contributed by atoms with Crippen LogP contribution in [0.5, 0.6) is 5.75 Å². The number of ether oxygens (including phenoxy) is 1. The Morgan fingerprint density at radius 3 is 2.38 bits per heavy atom. The van der Waals surface area contributed by atoms with Crippen LogP contribution in [0.3, 0.4) is 0 Å². The maximum atomic E-state index is 13.5. The number of hydrogen-bond donors (Lipinski definition) is 4. The van der Waals surface area contributed by atoms with E-state index in [1.165, 1.54) is 19.2 Å². The summed E-state index contributed by atoms with van der Waals surface area (Å²) in [5.41, 5.74) is 7.78.